The normalized spacial score (nSPS) is 10.1. The lowest BCUT2D eigenvalue weighted by Crippen LogP contribution is -1.72. The van der Waals surface area contributed by atoms with E-state index in [2.05, 4.69) is 46.8 Å². The Hall–Kier alpha value is -0.860. The van der Waals surface area contributed by atoms with Crippen LogP contribution >= 0.6 is 27.3 Å². The minimum atomic E-state index is 1.14. The topological polar surface area (TPSA) is 0 Å². The second kappa shape index (κ2) is 4.11. The summed E-state index contributed by atoms with van der Waals surface area (Å²) in [6, 6.07) is 12.5. The van der Waals surface area contributed by atoms with Gasteiger partial charge in [-0.2, -0.15) is 0 Å². The van der Waals surface area contributed by atoms with Gasteiger partial charge in [0.05, 0.1) is 0 Å². The van der Waals surface area contributed by atoms with Gasteiger partial charge >= 0.3 is 0 Å². The molecule has 0 nitrogen and oxygen atoms in total. The van der Waals surface area contributed by atoms with Crippen LogP contribution in [0.1, 0.15) is 4.88 Å². The van der Waals surface area contributed by atoms with E-state index in [1.54, 1.807) is 11.3 Å². The molecule has 0 fully saturated rings. The largest absolute Gasteiger partial charge is 0.136 e. The van der Waals surface area contributed by atoms with Crippen LogP contribution in [-0.2, 0) is 0 Å². The van der Waals surface area contributed by atoms with Crippen molar-refractivity contribution in [2.45, 2.75) is 0 Å². The molecule has 2 rings (SSSR count). The molecule has 2 aromatic rings. The summed E-state index contributed by atoms with van der Waals surface area (Å²) in [6.45, 7) is 3.76. The average molecular weight is 265 g/mol. The number of benzene rings is 1. The maximum absolute atomic E-state index is 3.76. The van der Waals surface area contributed by atoms with Crippen molar-refractivity contribution >= 4 is 33.3 Å². The molecule has 14 heavy (non-hydrogen) atoms. The van der Waals surface area contributed by atoms with Crippen LogP contribution in [0.5, 0.6) is 0 Å². The predicted octanol–water partition coefficient (Wildman–Crippen LogP) is 4.82. The Bertz CT molecular complexity index is 457. The van der Waals surface area contributed by atoms with Gasteiger partial charge in [0, 0.05) is 19.8 Å². The van der Waals surface area contributed by atoms with E-state index in [-0.39, 0.29) is 0 Å². The van der Waals surface area contributed by atoms with Gasteiger partial charge in [-0.3, -0.25) is 0 Å². The Morgan fingerprint density at radius 1 is 1.14 bits per heavy atom. The van der Waals surface area contributed by atoms with E-state index in [4.69, 9.17) is 0 Å². The van der Waals surface area contributed by atoms with Gasteiger partial charge in [-0.25, -0.2) is 0 Å². The number of rotatable bonds is 2. The molecule has 1 heterocycles. The summed E-state index contributed by atoms with van der Waals surface area (Å²) in [6.07, 6.45) is 1.88. The second-order valence-corrected chi connectivity index (χ2v) is 4.86. The molecule has 1 aromatic carbocycles. The molecule has 0 spiro atoms. The predicted molar refractivity (Wildman–Crippen MR) is 67.5 cm³/mol. The molecule has 0 aliphatic heterocycles. The molecule has 1 aromatic heterocycles. The zero-order valence-corrected chi connectivity index (χ0v) is 9.94. The first kappa shape index (κ1) is 9.69. The van der Waals surface area contributed by atoms with Crippen molar-refractivity contribution in [3.8, 4) is 10.4 Å². The van der Waals surface area contributed by atoms with Crippen LogP contribution in [0.25, 0.3) is 16.5 Å². The van der Waals surface area contributed by atoms with Crippen LogP contribution in [0.3, 0.4) is 0 Å². The van der Waals surface area contributed by atoms with Gasteiger partial charge in [0.2, 0.25) is 0 Å². The van der Waals surface area contributed by atoms with Gasteiger partial charge < -0.3 is 0 Å². The van der Waals surface area contributed by atoms with E-state index < -0.39 is 0 Å². The van der Waals surface area contributed by atoms with Crippen molar-refractivity contribution < 1.29 is 0 Å². The quantitative estimate of drug-likeness (QED) is 0.730. The summed E-state index contributed by atoms with van der Waals surface area (Å²) < 4.78 is 1.14. The van der Waals surface area contributed by atoms with Gasteiger partial charge in [-0.15, -0.1) is 11.3 Å². The lowest BCUT2D eigenvalue weighted by molar-refractivity contribution is 1.64. The molecule has 0 saturated heterocycles. The minimum Gasteiger partial charge on any atom is -0.136 e. The van der Waals surface area contributed by atoms with Gasteiger partial charge in [0.25, 0.3) is 0 Å². The van der Waals surface area contributed by atoms with E-state index in [9.17, 15) is 0 Å². The Kier molecular flexibility index (Phi) is 2.85. The smallest absolute Gasteiger partial charge is 0.0360 e. The molecule has 0 aliphatic rings. The SMILES string of the molecule is C=Cc1ccc(-c2ccccc2Br)s1. The first-order valence-electron chi connectivity index (χ1n) is 4.28. The molecule has 0 saturated carbocycles. The first-order valence-corrected chi connectivity index (χ1v) is 5.89. The second-order valence-electron chi connectivity index (χ2n) is 2.89. The number of halogens is 1. The summed E-state index contributed by atoms with van der Waals surface area (Å²) in [5.41, 5.74) is 1.24. The summed E-state index contributed by atoms with van der Waals surface area (Å²) in [4.78, 5) is 2.48. The van der Waals surface area contributed by atoms with Crippen molar-refractivity contribution in [1.82, 2.24) is 0 Å². The highest BCUT2D eigenvalue weighted by Crippen LogP contribution is 2.33. The molecular formula is C12H9BrS. The molecule has 0 atom stereocenters. The molecule has 0 radical (unpaired) electrons. The van der Waals surface area contributed by atoms with Crippen LogP contribution in [0, 0.1) is 0 Å². The molecule has 70 valence electrons. The van der Waals surface area contributed by atoms with Crippen molar-refractivity contribution in [2.24, 2.45) is 0 Å². The highest BCUT2D eigenvalue weighted by atomic mass is 79.9. The van der Waals surface area contributed by atoms with Crippen molar-refractivity contribution in [3.05, 3.63) is 52.3 Å². The molecule has 0 unspecified atom stereocenters. The minimum absolute atomic E-state index is 1.14. The lowest BCUT2D eigenvalue weighted by atomic mass is 10.2. The Morgan fingerprint density at radius 3 is 2.57 bits per heavy atom. The van der Waals surface area contributed by atoms with Crippen LogP contribution < -0.4 is 0 Å². The van der Waals surface area contributed by atoms with Gasteiger partial charge in [0.15, 0.2) is 0 Å². The van der Waals surface area contributed by atoms with Crippen LogP contribution in [0.15, 0.2) is 47.4 Å². The zero-order valence-electron chi connectivity index (χ0n) is 7.53. The highest BCUT2D eigenvalue weighted by molar-refractivity contribution is 9.10. The van der Waals surface area contributed by atoms with Crippen molar-refractivity contribution in [2.75, 3.05) is 0 Å². The van der Waals surface area contributed by atoms with Gasteiger partial charge in [0.1, 0.15) is 0 Å². The fourth-order valence-electron chi connectivity index (χ4n) is 1.27. The highest BCUT2D eigenvalue weighted by Gasteiger charge is 2.03. The Balaban J connectivity index is 2.49. The van der Waals surface area contributed by atoms with Crippen LogP contribution in [-0.4, -0.2) is 0 Å². The summed E-state index contributed by atoms with van der Waals surface area (Å²) in [7, 11) is 0. The Labute approximate surface area is 96.0 Å². The fourth-order valence-corrected chi connectivity index (χ4v) is 2.80. The van der Waals surface area contributed by atoms with E-state index in [0.29, 0.717) is 0 Å². The molecule has 0 bridgehead atoms. The molecule has 0 amide bonds. The monoisotopic (exact) mass is 264 g/mol. The third kappa shape index (κ3) is 1.81. The first-order chi connectivity index (χ1) is 6.81. The maximum Gasteiger partial charge on any atom is 0.0360 e. The van der Waals surface area contributed by atoms with Gasteiger partial charge in [-0.05, 0) is 18.2 Å². The molecule has 0 aliphatic carbocycles. The number of thiophene rings is 1. The van der Waals surface area contributed by atoms with E-state index in [1.807, 2.05) is 18.2 Å². The fraction of sp³-hybridized carbons (Fsp3) is 0. The maximum atomic E-state index is 3.76. The lowest BCUT2D eigenvalue weighted by Gasteiger charge is -1.99. The molecule has 0 N–H and O–H groups in total. The van der Waals surface area contributed by atoms with Crippen molar-refractivity contribution in [3.63, 3.8) is 0 Å². The number of hydrogen-bond donors (Lipinski definition) is 0. The third-order valence-electron chi connectivity index (χ3n) is 1.97. The standard InChI is InChI=1S/C12H9BrS/c1-2-9-7-8-12(14-9)10-5-3-4-6-11(10)13/h2-8H,1H2. The summed E-state index contributed by atoms with van der Waals surface area (Å²) >= 11 is 5.30. The number of hydrogen-bond acceptors (Lipinski definition) is 1. The van der Waals surface area contributed by atoms with Crippen molar-refractivity contribution in [1.29, 1.82) is 0 Å². The zero-order chi connectivity index (χ0) is 9.97. The average Bonchev–Trinajstić information content (AvgIpc) is 2.67. The van der Waals surface area contributed by atoms with Crippen LogP contribution in [0.2, 0.25) is 0 Å². The summed E-state index contributed by atoms with van der Waals surface area (Å²) in [5, 5.41) is 0. The van der Waals surface area contributed by atoms with E-state index in [1.165, 1.54) is 15.3 Å². The van der Waals surface area contributed by atoms with Gasteiger partial charge in [-0.1, -0.05) is 46.8 Å². The van der Waals surface area contributed by atoms with E-state index in [0.717, 1.165) is 4.47 Å². The van der Waals surface area contributed by atoms with E-state index >= 15 is 0 Å². The Morgan fingerprint density at radius 2 is 1.93 bits per heavy atom. The summed E-state index contributed by atoms with van der Waals surface area (Å²) in [5.74, 6) is 0. The van der Waals surface area contributed by atoms with Crippen LogP contribution in [0.4, 0.5) is 0 Å². The molecule has 2 heteroatoms. The molecular weight excluding hydrogens is 256 g/mol. The third-order valence-corrected chi connectivity index (χ3v) is 3.77.